The van der Waals surface area contributed by atoms with Gasteiger partial charge in [-0.25, -0.2) is 4.39 Å². The number of piperazine rings is 1. The molecule has 21 heavy (non-hydrogen) atoms. The normalized spacial score (nSPS) is 30.6. The van der Waals surface area contributed by atoms with Gasteiger partial charge in [0.15, 0.2) is 0 Å². The minimum atomic E-state index is -0.192. The molecule has 0 bridgehead atoms. The average Bonchev–Trinajstić information content (AvgIpc) is 3.28. The van der Waals surface area contributed by atoms with Crippen molar-refractivity contribution in [1.82, 2.24) is 10.2 Å². The number of nitrogens with one attached hydrogen (secondary N) is 1. The van der Waals surface area contributed by atoms with Crippen LogP contribution in [-0.4, -0.2) is 29.6 Å². The largest absolute Gasteiger partial charge is 0.311 e. The van der Waals surface area contributed by atoms with Crippen LogP contribution in [0.2, 0.25) is 5.02 Å². The number of halogens is 2. The molecule has 1 aliphatic carbocycles. The Hall–Kier alpha value is -0.640. The summed E-state index contributed by atoms with van der Waals surface area (Å²) in [5.41, 5.74) is 0.841. The van der Waals surface area contributed by atoms with Crippen LogP contribution < -0.4 is 5.32 Å². The summed E-state index contributed by atoms with van der Waals surface area (Å²) in [7, 11) is 0. The number of benzene rings is 1. The van der Waals surface area contributed by atoms with Gasteiger partial charge in [-0.3, -0.25) is 4.90 Å². The molecule has 0 radical (unpaired) electrons. The summed E-state index contributed by atoms with van der Waals surface area (Å²) in [5, 5.41) is 4.17. The van der Waals surface area contributed by atoms with E-state index in [0.29, 0.717) is 17.6 Å². The molecule has 0 spiro atoms. The molecule has 2 nitrogen and oxygen atoms in total. The zero-order valence-electron chi connectivity index (χ0n) is 12.8. The molecular formula is C17H24ClFN2. The lowest BCUT2D eigenvalue weighted by Crippen LogP contribution is -2.63. The van der Waals surface area contributed by atoms with Gasteiger partial charge in [0, 0.05) is 41.8 Å². The molecule has 2 aliphatic rings. The highest BCUT2D eigenvalue weighted by Gasteiger charge is 2.41. The number of hydrogen-bond acceptors (Lipinski definition) is 2. The first-order valence-corrected chi connectivity index (χ1v) is 8.32. The fraction of sp³-hybridized carbons (Fsp3) is 0.647. The van der Waals surface area contributed by atoms with Gasteiger partial charge in [0.25, 0.3) is 0 Å². The molecule has 2 fully saturated rings. The Balaban J connectivity index is 1.78. The van der Waals surface area contributed by atoms with E-state index in [2.05, 4.69) is 24.1 Å². The molecule has 1 saturated carbocycles. The van der Waals surface area contributed by atoms with Crippen molar-refractivity contribution in [2.45, 2.75) is 51.2 Å². The SMILES string of the molecule is CCC1(C)CNC(C2CC2)CN1Cc1ccc(Cl)cc1F. The van der Waals surface area contributed by atoms with E-state index in [1.165, 1.54) is 18.9 Å². The third-order valence-corrected chi connectivity index (χ3v) is 5.49. The first kappa shape index (κ1) is 15.3. The molecule has 1 N–H and O–H groups in total. The maximum atomic E-state index is 14.1. The van der Waals surface area contributed by atoms with Crippen molar-refractivity contribution in [3.63, 3.8) is 0 Å². The van der Waals surface area contributed by atoms with Crippen molar-refractivity contribution in [2.75, 3.05) is 13.1 Å². The monoisotopic (exact) mass is 310 g/mol. The van der Waals surface area contributed by atoms with Crippen LogP contribution in [0.25, 0.3) is 0 Å². The van der Waals surface area contributed by atoms with Crippen LogP contribution in [0, 0.1) is 11.7 Å². The lowest BCUT2D eigenvalue weighted by atomic mass is 9.90. The van der Waals surface area contributed by atoms with Gasteiger partial charge in [0.05, 0.1) is 0 Å². The minimum Gasteiger partial charge on any atom is -0.311 e. The van der Waals surface area contributed by atoms with Crippen LogP contribution in [0.4, 0.5) is 4.39 Å². The summed E-state index contributed by atoms with van der Waals surface area (Å²) < 4.78 is 14.1. The van der Waals surface area contributed by atoms with Gasteiger partial charge < -0.3 is 5.32 Å². The van der Waals surface area contributed by atoms with Crippen molar-refractivity contribution in [2.24, 2.45) is 5.92 Å². The van der Waals surface area contributed by atoms with Gasteiger partial charge in [-0.15, -0.1) is 0 Å². The molecule has 2 atom stereocenters. The quantitative estimate of drug-likeness (QED) is 0.909. The summed E-state index contributed by atoms with van der Waals surface area (Å²) in [5.74, 6) is 0.631. The highest BCUT2D eigenvalue weighted by atomic mass is 35.5. The molecule has 3 rings (SSSR count). The first-order valence-electron chi connectivity index (χ1n) is 7.94. The third kappa shape index (κ3) is 3.25. The fourth-order valence-corrected chi connectivity index (χ4v) is 3.42. The van der Waals surface area contributed by atoms with Gasteiger partial charge in [0.2, 0.25) is 0 Å². The lowest BCUT2D eigenvalue weighted by molar-refractivity contribution is 0.0361. The van der Waals surface area contributed by atoms with Gasteiger partial charge in [-0.2, -0.15) is 0 Å². The second-order valence-electron chi connectivity index (χ2n) is 6.79. The Morgan fingerprint density at radius 1 is 1.43 bits per heavy atom. The highest BCUT2D eigenvalue weighted by Crippen LogP contribution is 2.37. The van der Waals surface area contributed by atoms with Crippen LogP contribution in [0.15, 0.2) is 18.2 Å². The molecule has 1 aliphatic heterocycles. The van der Waals surface area contributed by atoms with E-state index in [1.54, 1.807) is 6.07 Å². The Labute approximate surface area is 131 Å². The van der Waals surface area contributed by atoms with Crippen LogP contribution in [0.3, 0.4) is 0 Å². The van der Waals surface area contributed by atoms with Crippen molar-refractivity contribution >= 4 is 11.6 Å². The molecule has 116 valence electrons. The third-order valence-electron chi connectivity index (χ3n) is 5.25. The molecule has 0 amide bonds. The molecule has 1 heterocycles. The second kappa shape index (κ2) is 5.86. The van der Waals surface area contributed by atoms with Crippen molar-refractivity contribution in [1.29, 1.82) is 0 Å². The molecule has 1 aromatic carbocycles. The Morgan fingerprint density at radius 3 is 2.81 bits per heavy atom. The fourth-order valence-electron chi connectivity index (χ4n) is 3.26. The maximum Gasteiger partial charge on any atom is 0.129 e. The summed E-state index contributed by atoms with van der Waals surface area (Å²) >= 11 is 5.85. The second-order valence-corrected chi connectivity index (χ2v) is 7.23. The zero-order valence-corrected chi connectivity index (χ0v) is 13.6. The van der Waals surface area contributed by atoms with E-state index in [4.69, 9.17) is 11.6 Å². The Bertz CT molecular complexity index is 518. The standard InChI is InChI=1S/C17H24ClFN2/c1-3-17(2)11-20-16(12-4-5-12)10-21(17)9-13-6-7-14(18)8-15(13)19/h6-8,12,16,20H,3-5,9-11H2,1-2H3. The first-order chi connectivity index (χ1) is 10.0. The van der Waals surface area contributed by atoms with Crippen molar-refractivity contribution in [3.8, 4) is 0 Å². The summed E-state index contributed by atoms with van der Waals surface area (Å²) in [4.78, 5) is 2.46. The summed E-state index contributed by atoms with van der Waals surface area (Å²) in [6, 6.07) is 5.59. The highest BCUT2D eigenvalue weighted by molar-refractivity contribution is 6.30. The Morgan fingerprint density at radius 2 is 2.19 bits per heavy atom. The van der Waals surface area contributed by atoms with E-state index < -0.39 is 0 Å². The lowest BCUT2D eigenvalue weighted by Gasteiger charge is -2.48. The molecule has 2 unspecified atom stereocenters. The smallest absolute Gasteiger partial charge is 0.129 e. The molecule has 0 aromatic heterocycles. The zero-order chi connectivity index (χ0) is 15.0. The van der Waals surface area contributed by atoms with Crippen LogP contribution >= 0.6 is 11.6 Å². The van der Waals surface area contributed by atoms with Crippen LogP contribution in [0.5, 0.6) is 0 Å². The van der Waals surface area contributed by atoms with Gasteiger partial charge >= 0.3 is 0 Å². The van der Waals surface area contributed by atoms with Gasteiger partial charge in [-0.1, -0.05) is 24.6 Å². The van der Waals surface area contributed by atoms with E-state index in [9.17, 15) is 4.39 Å². The van der Waals surface area contributed by atoms with Crippen LogP contribution in [-0.2, 0) is 6.54 Å². The van der Waals surface area contributed by atoms with E-state index in [0.717, 1.165) is 31.0 Å². The summed E-state index contributed by atoms with van der Waals surface area (Å²) in [6.07, 6.45) is 3.74. The van der Waals surface area contributed by atoms with E-state index >= 15 is 0 Å². The van der Waals surface area contributed by atoms with Crippen molar-refractivity contribution in [3.05, 3.63) is 34.6 Å². The van der Waals surface area contributed by atoms with Gasteiger partial charge in [0.1, 0.15) is 5.82 Å². The summed E-state index contributed by atoms with van der Waals surface area (Å²) in [6.45, 7) is 7.15. The predicted octanol–water partition coefficient (Wildman–Crippen LogP) is 3.83. The average molecular weight is 311 g/mol. The van der Waals surface area contributed by atoms with Crippen LogP contribution in [0.1, 0.15) is 38.7 Å². The molecule has 1 saturated heterocycles. The Kier molecular flexibility index (Phi) is 4.26. The molecule has 4 heteroatoms. The maximum absolute atomic E-state index is 14.1. The molecule has 1 aromatic rings. The number of nitrogens with zero attached hydrogens (tertiary/aromatic N) is 1. The van der Waals surface area contributed by atoms with E-state index in [-0.39, 0.29) is 11.4 Å². The minimum absolute atomic E-state index is 0.0947. The topological polar surface area (TPSA) is 15.3 Å². The molecular weight excluding hydrogens is 287 g/mol. The van der Waals surface area contributed by atoms with E-state index in [1.807, 2.05) is 6.07 Å². The van der Waals surface area contributed by atoms with Crippen molar-refractivity contribution < 1.29 is 4.39 Å². The van der Waals surface area contributed by atoms with Gasteiger partial charge in [-0.05, 0) is 44.2 Å². The predicted molar refractivity (Wildman–Crippen MR) is 85.0 cm³/mol. The number of rotatable bonds is 4. The number of hydrogen-bond donors (Lipinski definition) is 1.